The monoisotopic (exact) mass is 293 g/mol. The van der Waals surface area contributed by atoms with Gasteiger partial charge >= 0.3 is 0 Å². The summed E-state index contributed by atoms with van der Waals surface area (Å²) in [6.07, 6.45) is 2.83. The number of aromatic nitrogens is 2. The van der Waals surface area contributed by atoms with Gasteiger partial charge in [-0.05, 0) is 31.9 Å². The fourth-order valence-corrected chi connectivity index (χ4v) is 3.33. The molecule has 0 spiro atoms. The van der Waals surface area contributed by atoms with Crippen molar-refractivity contribution in [2.24, 2.45) is 7.05 Å². The Labute approximate surface area is 119 Å². The highest BCUT2D eigenvalue weighted by molar-refractivity contribution is 7.89. The van der Waals surface area contributed by atoms with Crippen molar-refractivity contribution < 1.29 is 8.42 Å². The van der Waals surface area contributed by atoms with Gasteiger partial charge in [-0.3, -0.25) is 4.68 Å². The fraction of sp³-hybridized carbons (Fsp3) is 0.357. The molecule has 1 N–H and O–H groups in total. The van der Waals surface area contributed by atoms with Crippen LogP contribution in [0.15, 0.2) is 35.5 Å². The van der Waals surface area contributed by atoms with Gasteiger partial charge in [0.1, 0.15) is 4.90 Å². The quantitative estimate of drug-likeness (QED) is 0.938. The van der Waals surface area contributed by atoms with Crippen LogP contribution in [0.25, 0.3) is 0 Å². The Balaban J connectivity index is 2.27. The molecule has 0 amide bonds. The van der Waals surface area contributed by atoms with Crippen molar-refractivity contribution >= 4 is 10.0 Å². The second kappa shape index (κ2) is 5.38. The summed E-state index contributed by atoms with van der Waals surface area (Å²) in [5, 5.41) is 3.89. The largest absolute Gasteiger partial charge is 0.274 e. The molecule has 1 atom stereocenters. The Morgan fingerprint density at radius 3 is 2.60 bits per heavy atom. The topological polar surface area (TPSA) is 64.0 Å². The maximum absolute atomic E-state index is 12.3. The maximum atomic E-state index is 12.3. The van der Waals surface area contributed by atoms with Gasteiger partial charge in [-0.1, -0.05) is 23.8 Å². The first kappa shape index (κ1) is 14.7. The van der Waals surface area contributed by atoms with Gasteiger partial charge in [-0.2, -0.15) is 5.10 Å². The molecule has 6 heteroatoms. The second-order valence-electron chi connectivity index (χ2n) is 5.05. The molecule has 0 aliphatic rings. The molecule has 0 aliphatic carbocycles. The number of nitrogens with one attached hydrogen (secondary N) is 1. The predicted octanol–water partition coefficient (Wildman–Crippen LogP) is 2.08. The molecule has 0 bridgehead atoms. The molecule has 0 aliphatic heterocycles. The molecule has 1 heterocycles. The van der Waals surface area contributed by atoms with E-state index >= 15 is 0 Å². The lowest BCUT2D eigenvalue weighted by molar-refractivity contribution is 0.566. The van der Waals surface area contributed by atoms with Crippen LogP contribution in [-0.2, 0) is 17.1 Å². The Bertz CT molecular complexity index is 720. The molecule has 5 nitrogen and oxygen atoms in total. The zero-order chi connectivity index (χ0) is 14.9. The van der Waals surface area contributed by atoms with Crippen molar-refractivity contribution in [2.75, 3.05) is 0 Å². The molecular weight excluding hydrogens is 274 g/mol. The first-order valence-corrected chi connectivity index (χ1v) is 7.86. The van der Waals surface area contributed by atoms with Gasteiger partial charge in [-0.15, -0.1) is 0 Å². The van der Waals surface area contributed by atoms with Gasteiger partial charge in [-0.25, -0.2) is 13.1 Å². The van der Waals surface area contributed by atoms with E-state index in [2.05, 4.69) is 9.82 Å². The van der Waals surface area contributed by atoms with Crippen LogP contribution in [0.3, 0.4) is 0 Å². The van der Waals surface area contributed by atoms with E-state index in [9.17, 15) is 8.42 Å². The van der Waals surface area contributed by atoms with E-state index in [-0.39, 0.29) is 10.9 Å². The van der Waals surface area contributed by atoms with E-state index in [1.54, 1.807) is 7.05 Å². The highest BCUT2D eigenvalue weighted by atomic mass is 32.2. The highest BCUT2D eigenvalue weighted by Crippen LogP contribution is 2.21. The van der Waals surface area contributed by atoms with Gasteiger partial charge < -0.3 is 0 Å². The van der Waals surface area contributed by atoms with Crippen molar-refractivity contribution in [1.29, 1.82) is 0 Å². The summed E-state index contributed by atoms with van der Waals surface area (Å²) < 4.78 is 28.7. The highest BCUT2D eigenvalue weighted by Gasteiger charge is 2.20. The van der Waals surface area contributed by atoms with Gasteiger partial charge in [0.2, 0.25) is 10.0 Å². The number of sulfonamides is 1. The van der Waals surface area contributed by atoms with Crippen LogP contribution in [0.2, 0.25) is 0 Å². The molecule has 108 valence electrons. The normalized spacial score (nSPS) is 13.4. The van der Waals surface area contributed by atoms with Crippen molar-refractivity contribution in [1.82, 2.24) is 14.5 Å². The average molecular weight is 293 g/mol. The third kappa shape index (κ3) is 3.08. The van der Waals surface area contributed by atoms with Gasteiger partial charge in [0, 0.05) is 19.3 Å². The van der Waals surface area contributed by atoms with Crippen LogP contribution in [-0.4, -0.2) is 18.2 Å². The Morgan fingerprint density at radius 1 is 1.30 bits per heavy atom. The second-order valence-corrected chi connectivity index (χ2v) is 6.77. The Kier molecular flexibility index (Phi) is 3.96. The molecule has 0 unspecified atom stereocenters. The first-order chi connectivity index (χ1) is 9.29. The number of aryl methyl sites for hydroxylation is 3. The summed E-state index contributed by atoms with van der Waals surface area (Å²) in [5.74, 6) is 0. The molecule has 2 rings (SSSR count). The molecule has 0 saturated heterocycles. The number of rotatable bonds is 4. The van der Waals surface area contributed by atoms with E-state index in [1.807, 2.05) is 39.0 Å². The molecule has 1 aromatic heterocycles. The summed E-state index contributed by atoms with van der Waals surface area (Å²) >= 11 is 0. The van der Waals surface area contributed by atoms with E-state index < -0.39 is 10.0 Å². The Hall–Kier alpha value is -1.66. The van der Waals surface area contributed by atoms with Crippen LogP contribution in [0.4, 0.5) is 0 Å². The van der Waals surface area contributed by atoms with Gasteiger partial charge in [0.05, 0.1) is 6.20 Å². The summed E-state index contributed by atoms with van der Waals surface area (Å²) in [7, 11) is -1.86. The van der Waals surface area contributed by atoms with E-state index in [4.69, 9.17) is 0 Å². The van der Waals surface area contributed by atoms with E-state index in [1.165, 1.54) is 17.1 Å². The zero-order valence-corrected chi connectivity index (χ0v) is 12.9. The lowest BCUT2D eigenvalue weighted by atomic mass is 10.0. The molecule has 2 aromatic rings. The maximum Gasteiger partial charge on any atom is 0.244 e. The molecule has 20 heavy (non-hydrogen) atoms. The lowest BCUT2D eigenvalue weighted by Gasteiger charge is -2.16. The standard InChI is InChI=1S/C14H19N3O2S/c1-10-5-6-11(2)14(7-10)12(3)16-20(18,19)13-8-15-17(4)9-13/h5-9,12,16H,1-4H3/t12-/m1/s1. The zero-order valence-electron chi connectivity index (χ0n) is 12.1. The number of hydrogen-bond donors (Lipinski definition) is 1. The fourth-order valence-electron chi connectivity index (χ4n) is 2.13. The third-order valence-electron chi connectivity index (χ3n) is 3.22. The Morgan fingerprint density at radius 2 is 2.00 bits per heavy atom. The van der Waals surface area contributed by atoms with Crippen molar-refractivity contribution in [3.63, 3.8) is 0 Å². The first-order valence-electron chi connectivity index (χ1n) is 6.38. The minimum absolute atomic E-state index is 0.178. The number of nitrogens with zero attached hydrogens (tertiary/aromatic N) is 2. The SMILES string of the molecule is Cc1ccc(C)c([C@@H](C)NS(=O)(=O)c2cnn(C)c2)c1. The molecule has 0 saturated carbocycles. The van der Waals surface area contributed by atoms with Crippen LogP contribution in [0.5, 0.6) is 0 Å². The van der Waals surface area contributed by atoms with Gasteiger partial charge in [0.15, 0.2) is 0 Å². The summed E-state index contributed by atoms with van der Waals surface area (Å²) in [6.45, 7) is 5.81. The molecule has 1 aromatic carbocycles. The number of benzene rings is 1. The van der Waals surface area contributed by atoms with Crippen LogP contribution >= 0.6 is 0 Å². The van der Waals surface area contributed by atoms with Crippen LogP contribution < -0.4 is 4.72 Å². The van der Waals surface area contributed by atoms with Crippen LogP contribution in [0, 0.1) is 13.8 Å². The molecular formula is C14H19N3O2S. The van der Waals surface area contributed by atoms with Gasteiger partial charge in [0.25, 0.3) is 0 Å². The summed E-state index contributed by atoms with van der Waals surface area (Å²) in [4.78, 5) is 0.178. The van der Waals surface area contributed by atoms with Crippen LogP contribution in [0.1, 0.15) is 29.7 Å². The smallest absolute Gasteiger partial charge is 0.244 e. The predicted molar refractivity (Wildman–Crippen MR) is 77.9 cm³/mol. The minimum atomic E-state index is -3.55. The van der Waals surface area contributed by atoms with E-state index in [0.717, 1.165) is 16.7 Å². The molecule has 0 fully saturated rings. The van der Waals surface area contributed by atoms with Crippen molar-refractivity contribution in [2.45, 2.75) is 31.7 Å². The third-order valence-corrected chi connectivity index (χ3v) is 4.72. The van der Waals surface area contributed by atoms with Crippen molar-refractivity contribution in [3.05, 3.63) is 47.3 Å². The minimum Gasteiger partial charge on any atom is -0.274 e. The number of hydrogen-bond acceptors (Lipinski definition) is 3. The molecule has 0 radical (unpaired) electrons. The average Bonchev–Trinajstić information content (AvgIpc) is 2.79. The summed E-state index contributed by atoms with van der Waals surface area (Å²) in [6, 6.07) is 5.73. The van der Waals surface area contributed by atoms with Crippen molar-refractivity contribution in [3.8, 4) is 0 Å². The lowest BCUT2D eigenvalue weighted by Crippen LogP contribution is -2.27. The van der Waals surface area contributed by atoms with E-state index in [0.29, 0.717) is 0 Å². The summed E-state index contributed by atoms with van der Waals surface area (Å²) in [5.41, 5.74) is 3.16.